The van der Waals surface area contributed by atoms with Gasteiger partial charge in [-0.15, -0.1) is 0 Å². The number of hydrogen-bond donors (Lipinski definition) is 2. The second-order valence-electron chi connectivity index (χ2n) is 7.60. The maximum Gasteiger partial charge on any atom is 0.191 e. The van der Waals surface area contributed by atoms with E-state index in [1.807, 2.05) is 13.8 Å². The maximum absolute atomic E-state index is 5.96. The van der Waals surface area contributed by atoms with Gasteiger partial charge in [0.2, 0.25) is 0 Å². The van der Waals surface area contributed by atoms with Crippen molar-refractivity contribution >= 4 is 5.96 Å². The molecule has 1 aromatic carbocycles. The number of aryl methyl sites for hydroxylation is 1. The molecule has 1 heterocycles. The Bertz CT molecular complexity index is 618. The quantitative estimate of drug-likeness (QED) is 0.566. The summed E-state index contributed by atoms with van der Waals surface area (Å²) in [5.41, 5.74) is 2.33. The van der Waals surface area contributed by atoms with Crippen LogP contribution >= 0.6 is 0 Å². The topological polar surface area (TPSA) is 58.1 Å². The minimum atomic E-state index is 0.152. The molecule has 0 saturated carbocycles. The van der Waals surface area contributed by atoms with Crippen molar-refractivity contribution in [2.75, 3.05) is 33.4 Å². The first-order chi connectivity index (χ1) is 12.9. The van der Waals surface area contributed by atoms with E-state index >= 15 is 0 Å². The van der Waals surface area contributed by atoms with Crippen LogP contribution in [-0.4, -0.2) is 62.4 Å². The lowest BCUT2D eigenvalue weighted by molar-refractivity contribution is -0.0174. The van der Waals surface area contributed by atoms with Crippen LogP contribution in [0.25, 0.3) is 0 Å². The molecule has 2 N–H and O–H groups in total. The molecule has 1 aliphatic heterocycles. The first-order valence-electron chi connectivity index (χ1n) is 9.95. The maximum atomic E-state index is 5.96. The predicted octanol–water partition coefficient (Wildman–Crippen LogP) is 2.56. The van der Waals surface area contributed by atoms with E-state index in [4.69, 9.17) is 9.47 Å². The van der Waals surface area contributed by atoms with Gasteiger partial charge in [0.25, 0.3) is 0 Å². The molecule has 6 nitrogen and oxygen atoms in total. The summed E-state index contributed by atoms with van der Waals surface area (Å²) in [5, 5.41) is 6.85. The molecule has 2 atom stereocenters. The number of guanidine groups is 1. The minimum Gasteiger partial charge on any atom is -0.491 e. The lowest BCUT2D eigenvalue weighted by atomic mass is 10.1. The highest BCUT2D eigenvalue weighted by atomic mass is 16.5. The molecule has 0 spiro atoms. The predicted molar refractivity (Wildman–Crippen MR) is 112 cm³/mol. The number of nitrogens with one attached hydrogen (secondary N) is 2. The fraction of sp³-hybridized carbons (Fsp3) is 0.667. The largest absolute Gasteiger partial charge is 0.491 e. The van der Waals surface area contributed by atoms with E-state index in [1.54, 1.807) is 7.05 Å². The Balaban J connectivity index is 1.88. The van der Waals surface area contributed by atoms with Crippen LogP contribution in [0, 0.1) is 6.92 Å². The van der Waals surface area contributed by atoms with E-state index in [9.17, 15) is 0 Å². The normalized spacial score (nSPS) is 19.8. The fourth-order valence-electron chi connectivity index (χ4n) is 3.33. The zero-order valence-corrected chi connectivity index (χ0v) is 17.7. The number of morpholine rings is 1. The number of hydrogen-bond acceptors (Lipinski definition) is 4. The van der Waals surface area contributed by atoms with E-state index in [-0.39, 0.29) is 6.10 Å². The Hall–Kier alpha value is -1.79. The first kappa shape index (κ1) is 21.5. The first-order valence-corrected chi connectivity index (χ1v) is 9.95. The van der Waals surface area contributed by atoms with Crippen molar-refractivity contribution in [2.45, 2.75) is 59.4 Å². The highest BCUT2D eigenvalue weighted by Crippen LogP contribution is 2.21. The Morgan fingerprint density at radius 1 is 1.33 bits per heavy atom. The van der Waals surface area contributed by atoms with Crippen LogP contribution in [0.4, 0.5) is 0 Å². The van der Waals surface area contributed by atoms with E-state index in [2.05, 4.69) is 59.5 Å². The number of rotatable bonds is 7. The number of ether oxygens (including phenoxy) is 2. The van der Waals surface area contributed by atoms with Crippen molar-refractivity contribution in [1.82, 2.24) is 15.5 Å². The van der Waals surface area contributed by atoms with E-state index < -0.39 is 0 Å². The molecule has 1 fully saturated rings. The summed E-state index contributed by atoms with van der Waals surface area (Å²) >= 11 is 0. The lowest BCUT2D eigenvalue weighted by Gasteiger charge is -2.38. The molecule has 1 aromatic rings. The number of nitrogens with zero attached hydrogens (tertiary/aromatic N) is 2. The standard InChI is InChI=1S/C21H36N4O2/c1-15(2)27-20-11-16(3)7-8-19(20)13-24-21(22-6)23-12-17(4)25-9-10-26-14-18(25)5/h7-8,11,15,17-18H,9-10,12-14H2,1-6H3,(H2,22,23,24). The second-order valence-corrected chi connectivity index (χ2v) is 7.60. The Morgan fingerprint density at radius 3 is 2.78 bits per heavy atom. The van der Waals surface area contributed by atoms with E-state index in [0.717, 1.165) is 43.6 Å². The molecule has 0 amide bonds. The fourth-order valence-corrected chi connectivity index (χ4v) is 3.33. The third-order valence-corrected chi connectivity index (χ3v) is 4.81. The third-order valence-electron chi connectivity index (χ3n) is 4.81. The van der Waals surface area contributed by atoms with Gasteiger partial charge < -0.3 is 20.1 Å². The van der Waals surface area contributed by atoms with Gasteiger partial charge in [0.15, 0.2) is 5.96 Å². The molecule has 0 radical (unpaired) electrons. The number of aliphatic imine (C=N–C) groups is 1. The van der Waals surface area contributed by atoms with E-state index in [1.165, 1.54) is 5.56 Å². The van der Waals surface area contributed by atoms with Gasteiger partial charge in [0.05, 0.1) is 19.3 Å². The average Bonchev–Trinajstić information content (AvgIpc) is 2.63. The van der Waals surface area contributed by atoms with Crippen molar-refractivity contribution in [3.8, 4) is 5.75 Å². The van der Waals surface area contributed by atoms with Gasteiger partial charge >= 0.3 is 0 Å². The van der Waals surface area contributed by atoms with Crippen molar-refractivity contribution in [2.24, 2.45) is 4.99 Å². The zero-order chi connectivity index (χ0) is 19.8. The van der Waals surface area contributed by atoms with Gasteiger partial charge in [-0.3, -0.25) is 9.89 Å². The minimum absolute atomic E-state index is 0.152. The monoisotopic (exact) mass is 376 g/mol. The summed E-state index contributed by atoms with van der Waals surface area (Å²) in [4.78, 5) is 6.84. The molecule has 1 saturated heterocycles. The molecule has 2 rings (SSSR count). The van der Waals surface area contributed by atoms with Crippen molar-refractivity contribution in [3.63, 3.8) is 0 Å². The average molecular weight is 377 g/mol. The summed E-state index contributed by atoms with van der Waals surface area (Å²) in [7, 11) is 1.80. The molecule has 1 aliphatic rings. The summed E-state index contributed by atoms with van der Waals surface area (Å²) in [6, 6.07) is 7.19. The molecule has 27 heavy (non-hydrogen) atoms. The Kier molecular flexibility index (Phi) is 8.38. The molecule has 0 aromatic heterocycles. The van der Waals surface area contributed by atoms with Crippen molar-refractivity contribution in [3.05, 3.63) is 29.3 Å². The molecule has 152 valence electrons. The van der Waals surface area contributed by atoms with Crippen LogP contribution in [0.3, 0.4) is 0 Å². The zero-order valence-electron chi connectivity index (χ0n) is 17.7. The number of benzene rings is 1. The van der Waals surface area contributed by atoms with Crippen molar-refractivity contribution < 1.29 is 9.47 Å². The van der Waals surface area contributed by atoms with Gasteiger partial charge in [-0.2, -0.15) is 0 Å². The van der Waals surface area contributed by atoms with Crippen LogP contribution in [0.2, 0.25) is 0 Å². The smallest absolute Gasteiger partial charge is 0.191 e. The lowest BCUT2D eigenvalue weighted by Crippen LogP contribution is -2.52. The Morgan fingerprint density at radius 2 is 2.11 bits per heavy atom. The van der Waals surface area contributed by atoms with Gasteiger partial charge in [-0.1, -0.05) is 12.1 Å². The molecular formula is C21H36N4O2. The van der Waals surface area contributed by atoms with Crippen LogP contribution in [0.1, 0.15) is 38.8 Å². The summed E-state index contributed by atoms with van der Waals surface area (Å²) < 4.78 is 11.5. The molecular weight excluding hydrogens is 340 g/mol. The van der Waals surface area contributed by atoms with E-state index in [0.29, 0.717) is 18.6 Å². The summed E-state index contributed by atoms with van der Waals surface area (Å²) in [5.74, 6) is 1.74. The molecule has 0 aliphatic carbocycles. The third kappa shape index (κ3) is 6.70. The van der Waals surface area contributed by atoms with Gasteiger partial charge in [0, 0.05) is 44.3 Å². The van der Waals surface area contributed by atoms with Crippen LogP contribution in [0.5, 0.6) is 5.75 Å². The van der Waals surface area contributed by atoms with Gasteiger partial charge in [0.1, 0.15) is 5.75 Å². The van der Waals surface area contributed by atoms with Gasteiger partial charge in [-0.25, -0.2) is 0 Å². The van der Waals surface area contributed by atoms with Crippen LogP contribution in [0.15, 0.2) is 23.2 Å². The molecule has 6 heteroatoms. The van der Waals surface area contributed by atoms with Crippen LogP contribution < -0.4 is 15.4 Å². The summed E-state index contributed by atoms with van der Waals surface area (Å²) in [6.07, 6.45) is 0.152. The summed E-state index contributed by atoms with van der Waals surface area (Å²) in [6.45, 7) is 14.8. The van der Waals surface area contributed by atoms with Gasteiger partial charge in [-0.05, 0) is 46.2 Å². The highest BCUT2D eigenvalue weighted by Gasteiger charge is 2.23. The molecule has 2 unspecified atom stereocenters. The SMILES string of the molecule is CN=C(NCc1ccc(C)cc1OC(C)C)NCC(C)N1CCOCC1C. The highest BCUT2D eigenvalue weighted by molar-refractivity contribution is 5.79. The Labute approximate surface area is 164 Å². The van der Waals surface area contributed by atoms with Crippen molar-refractivity contribution in [1.29, 1.82) is 0 Å². The molecule has 0 bridgehead atoms. The second kappa shape index (κ2) is 10.5. The van der Waals surface area contributed by atoms with Crippen LogP contribution in [-0.2, 0) is 11.3 Å².